The van der Waals surface area contributed by atoms with Crippen LogP contribution in [0.4, 0.5) is 5.69 Å². The number of anilines is 1. The molecule has 0 spiro atoms. The second-order valence-electron chi connectivity index (χ2n) is 4.49. The largest absolute Gasteiger partial charge is 0.377 e. The molecule has 0 N–H and O–H groups in total. The first-order valence-corrected chi connectivity index (χ1v) is 5.64. The van der Waals surface area contributed by atoms with Crippen molar-refractivity contribution in [2.45, 2.75) is 0 Å². The molecule has 0 fully saturated rings. The van der Waals surface area contributed by atoms with Crippen molar-refractivity contribution in [2.24, 2.45) is 0 Å². The van der Waals surface area contributed by atoms with Gasteiger partial charge in [0.1, 0.15) is 0 Å². The summed E-state index contributed by atoms with van der Waals surface area (Å²) in [5.41, 5.74) is 3.08. The molecule has 84 valence electrons. The van der Waals surface area contributed by atoms with Crippen molar-refractivity contribution in [1.29, 1.82) is 0 Å². The monoisotopic (exact) mass is 223 g/mol. The molecule has 17 heavy (non-hydrogen) atoms. The molecule has 3 rings (SSSR count). The zero-order valence-electron chi connectivity index (χ0n) is 9.90. The van der Waals surface area contributed by atoms with Crippen LogP contribution >= 0.6 is 0 Å². The third-order valence-electron chi connectivity index (χ3n) is 3.21. The molecule has 0 amide bonds. The van der Waals surface area contributed by atoms with E-state index in [-0.39, 0.29) is 5.78 Å². The van der Waals surface area contributed by atoms with Gasteiger partial charge in [0.2, 0.25) is 0 Å². The molecule has 0 bridgehead atoms. The summed E-state index contributed by atoms with van der Waals surface area (Å²) >= 11 is 0. The lowest BCUT2D eigenvalue weighted by molar-refractivity contribution is 0.104. The normalized spacial score (nSPS) is 13.2. The van der Waals surface area contributed by atoms with Crippen LogP contribution in [0, 0.1) is 0 Å². The van der Waals surface area contributed by atoms with Gasteiger partial charge in [0, 0.05) is 36.1 Å². The molecule has 2 aromatic rings. The topological polar surface area (TPSA) is 20.3 Å². The summed E-state index contributed by atoms with van der Waals surface area (Å²) in [7, 11) is 4.04. The zero-order chi connectivity index (χ0) is 12.0. The van der Waals surface area contributed by atoms with Crippen LogP contribution in [0.3, 0.4) is 0 Å². The molecule has 0 unspecified atom stereocenters. The van der Waals surface area contributed by atoms with Crippen molar-refractivity contribution in [1.82, 2.24) is 0 Å². The van der Waals surface area contributed by atoms with Gasteiger partial charge in [-0.2, -0.15) is 0 Å². The van der Waals surface area contributed by atoms with Gasteiger partial charge in [0.25, 0.3) is 0 Å². The van der Waals surface area contributed by atoms with Crippen LogP contribution in [-0.2, 0) is 0 Å². The Bertz CT molecular complexity index is 653. The molecule has 0 saturated carbocycles. The fourth-order valence-electron chi connectivity index (χ4n) is 2.41. The molecule has 0 saturated heterocycles. The molecule has 0 atom stereocenters. The van der Waals surface area contributed by atoms with Gasteiger partial charge < -0.3 is 4.90 Å². The average Bonchev–Trinajstić information content (AvgIpc) is 2.33. The maximum atomic E-state index is 11.9. The molecule has 0 radical (unpaired) electrons. The van der Waals surface area contributed by atoms with E-state index in [1.54, 1.807) is 6.08 Å². The van der Waals surface area contributed by atoms with Crippen LogP contribution < -0.4 is 4.90 Å². The summed E-state index contributed by atoms with van der Waals surface area (Å²) in [5.74, 6) is 0.0963. The van der Waals surface area contributed by atoms with Gasteiger partial charge in [-0.25, -0.2) is 0 Å². The standard InChI is InChI=1S/C15H13NO/c1-16(2)13-8-6-10-7-9-14(17)12-5-3-4-11(13)15(10)12/h3-9H,1-2H3. The Morgan fingerprint density at radius 2 is 1.82 bits per heavy atom. The first kappa shape index (κ1) is 10.1. The average molecular weight is 223 g/mol. The van der Waals surface area contributed by atoms with E-state index in [2.05, 4.69) is 23.1 Å². The summed E-state index contributed by atoms with van der Waals surface area (Å²) in [6.07, 6.45) is 3.55. The lowest BCUT2D eigenvalue weighted by Gasteiger charge is -2.19. The maximum Gasteiger partial charge on any atom is 0.186 e. The predicted octanol–water partition coefficient (Wildman–Crippen LogP) is 3.12. The number of benzene rings is 2. The van der Waals surface area contributed by atoms with E-state index in [0.717, 1.165) is 27.6 Å². The Labute approximate surface area is 100 Å². The van der Waals surface area contributed by atoms with Crippen LogP contribution in [0.1, 0.15) is 15.9 Å². The molecule has 2 aromatic carbocycles. The highest BCUT2D eigenvalue weighted by Gasteiger charge is 2.16. The van der Waals surface area contributed by atoms with Gasteiger partial charge >= 0.3 is 0 Å². The van der Waals surface area contributed by atoms with Gasteiger partial charge in [-0.3, -0.25) is 4.79 Å². The lowest BCUT2D eigenvalue weighted by atomic mass is 9.91. The quantitative estimate of drug-likeness (QED) is 0.740. The van der Waals surface area contributed by atoms with Crippen molar-refractivity contribution < 1.29 is 4.79 Å². The molecular formula is C15H13NO. The maximum absolute atomic E-state index is 11.9. The van der Waals surface area contributed by atoms with Crippen molar-refractivity contribution in [3.63, 3.8) is 0 Å². The first-order valence-electron chi connectivity index (χ1n) is 5.64. The summed E-state index contributed by atoms with van der Waals surface area (Å²) in [6.45, 7) is 0. The van der Waals surface area contributed by atoms with E-state index in [9.17, 15) is 4.79 Å². The Kier molecular flexibility index (Phi) is 2.05. The van der Waals surface area contributed by atoms with Crippen molar-refractivity contribution in [3.8, 4) is 0 Å². The van der Waals surface area contributed by atoms with E-state index in [1.807, 2.05) is 32.3 Å². The number of hydrogen-bond donors (Lipinski definition) is 0. The molecule has 0 aromatic heterocycles. The third kappa shape index (κ3) is 1.37. The number of ketones is 1. The van der Waals surface area contributed by atoms with E-state index in [1.165, 1.54) is 0 Å². The highest BCUT2D eigenvalue weighted by Crippen LogP contribution is 2.34. The second kappa shape index (κ2) is 3.45. The van der Waals surface area contributed by atoms with Crippen molar-refractivity contribution in [3.05, 3.63) is 47.5 Å². The van der Waals surface area contributed by atoms with Crippen LogP contribution in [0.2, 0.25) is 0 Å². The molecular weight excluding hydrogens is 210 g/mol. The van der Waals surface area contributed by atoms with E-state index < -0.39 is 0 Å². The number of carbonyl (C=O) groups excluding carboxylic acids is 1. The van der Waals surface area contributed by atoms with Gasteiger partial charge in [-0.15, -0.1) is 0 Å². The number of allylic oxidation sites excluding steroid dienone is 1. The molecule has 2 heteroatoms. The smallest absolute Gasteiger partial charge is 0.186 e. The fourth-order valence-corrected chi connectivity index (χ4v) is 2.41. The molecule has 1 aliphatic rings. The van der Waals surface area contributed by atoms with Crippen molar-refractivity contribution in [2.75, 3.05) is 19.0 Å². The van der Waals surface area contributed by atoms with Crippen LogP contribution in [0.5, 0.6) is 0 Å². The van der Waals surface area contributed by atoms with E-state index >= 15 is 0 Å². The number of hydrogen-bond acceptors (Lipinski definition) is 2. The minimum atomic E-state index is 0.0963. The van der Waals surface area contributed by atoms with Gasteiger partial charge in [0.15, 0.2) is 5.78 Å². The zero-order valence-corrected chi connectivity index (χ0v) is 9.90. The first-order chi connectivity index (χ1) is 8.18. The van der Waals surface area contributed by atoms with Crippen molar-refractivity contribution >= 4 is 28.3 Å². The second-order valence-corrected chi connectivity index (χ2v) is 4.49. The van der Waals surface area contributed by atoms with Crippen LogP contribution in [-0.4, -0.2) is 19.9 Å². The summed E-state index contributed by atoms with van der Waals surface area (Å²) < 4.78 is 0. The van der Waals surface area contributed by atoms with Crippen LogP contribution in [0.25, 0.3) is 16.8 Å². The highest BCUT2D eigenvalue weighted by molar-refractivity contribution is 6.21. The molecule has 0 aliphatic heterocycles. The number of rotatable bonds is 1. The predicted molar refractivity (Wildman–Crippen MR) is 71.6 cm³/mol. The third-order valence-corrected chi connectivity index (χ3v) is 3.21. The Balaban J connectivity index is 2.48. The molecule has 1 aliphatic carbocycles. The minimum Gasteiger partial charge on any atom is -0.377 e. The molecule has 2 nitrogen and oxygen atoms in total. The van der Waals surface area contributed by atoms with Crippen LogP contribution in [0.15, 0.2) is 36.4 Å². The van der Waals surface area contributed by atoms with E-state index in [0.29, 0.717) is 0 Å². The lowest BCUT2D eigenvalue weighted by Crippen LogP contribution is -2.10. The summed E-state index contributed by atoms with van der Waals surface area (Å²) in [4.78, 5) is 13.9. The Morgan fingerprint density at radius 1 is 1.00 bits per heavy atom. The SMILES string of the molecule is CN(C)c1ccc2c3c(cccc13)C(=O)C=C2. The minimum absolute atomic E-state index is 0.0963. The number of nitrogens with zero attached hydrogens (tertiary/aromatic N) is 1. The summed E-state index contributed by atoms with van der Waals surface area (Å²) in [5, 5.41) is 2.22. The summed E-state index contributed by atoms with van der Waals surface area (Å²) in [6, 6.07) is 10.1. The van der Waals surface area contributed by atoms with Gasteiger partial charge in [0.05, 0.1) is 0 Å². The van der Waals surface area contributed by atoms with Gasteiger partial charge in [-0.05, 0) is 17.7 Å². The fraction of sp³-hybridized carbons (Fsp3) is 0.133. The Hall–Kier alpha value is -2.09. The van der Waals surface area contributed by atoms with E-state index in [4.69, 9.17) is 0 Å². The molecule has 0 heterocycles. The number of carbonyl (C=O) groups is 1. The van der Waals surface area contributed by atoms with Gasteiger partial charge in [-0.1, -0.05) is 30.3 Å². The Morgan fingerprint density at radius 3 is 2.59 bits per heavy atom. The highest BCUT2D eigenvalue weighted by atomic mass is 16.1.